The summed E-state index contributed by atoms with van der Waals surface area (Å²) in [5, 5.41) is 5.91. The smallest absolute Gasteiger partial charge is 0.298 e. The van der Waals surface area contributed by atoms with Crippen LogP contribution in [-0.4, -0.2) is 19.5 Å². The molecule has 1 rings (SSSR count). The summed E-state index contributed by atoms with van der Waals surface area (Å²) in [7, 11) is -2.42. The highest BCUT2D eigenvalue weighted by molar-refractivity contribution is 7.72. The number of rotatable bonds is 0. The lowest BCUT2D eigenvalue weighted by atomic mass is 11.0. The normalized spacial score (nSPS) is 16.0. The molecule has 1 heterocycles. The maximum atomic E-state index is 9.99. The van der Waals surface area contributed by atoms with Crippen LogP contribution >= 0.6 is 0 Å². The van der Waals surface area contributed by atoms with E-state index in [1.165, 1.54) is 0 Å². The Morgan fingerprint density at radius 1 is 1.33 bits per heavy atom. The van der Waals surface area contributed by atoms with Gasteiger partial charge in [-0.15, -0.1) is 10.2 Å². The summed E-state index contributed by atoms with van der Waals surface area (Å²) in [6.45, 7) is 0. The van der Waals surface area contributed by atoms with E-state index in [0.717, 1.165) is 0 Å². The topological polar surface area (TPSA) is 97.2 Å². The number of aliphatic imine (C=N–C) groups is 1. The third-order valence-corrected chi connectivity index (χ3v) is 1.07. The Bertz CT molecular complexity index is 301. The Balaban J connectivity index is 3.25. The van der Waals surface area contributed by atoms with Gasteiger partial charge in [-0.25, -0.2) is 0 Å². The van der Waals surface area contributed by atoms with Gasteiger partial charge in [-0.3, -0.25) is 0 Å². The highest BCUT2D eigenvalue weighted by Crippen LogP contribution is 1.91. The molecule has 9 heavy (non-hydrogen) atoms. The van der Waals surface area contributed by atoms with Gasteiger partial charge in [0.25, 0.3) is 15.4 Å². The highest BCUT2D eigenvalue weighted by Gasteiger charge is 2.04. The van der Waals surface area contributed by atoms with Gasteiger partial charge in [0, 0.05) is 0 Å². The van der Waals surface area contributed by atoms with Crippen molar-refractivity contribution in [3.63, 3.8) is 0 Å². The van der Waals surface area contributed by atoms with E-state index < -0.39 is 10.3 Å². The van der Waals surface area contributed by atoms with Crippen molar-refractivity contribution in [1.29, 1.82) is 0 Å². The molecule has 0 radical (unpaired) electrons. The lowest BCUT2D eigenvalue weighted by Crippen LogP contribution is -2.04. The first-order valence-corrected chi connectivity index (χ1v) is 3.00. The lowest BCUT2D eigenvalue weighted by molar-refractivity contribution is 0.626. The first-order valence-electron chi connectivity index (χ1n) is 1.92. The second-order valence-corrected chi connectivity index (χ2v) is 2.02. The van der Waals surface area contributed by atoms with Gasteiger partial charge in [-0.1, -0.05) is 0 Å². The van der Waals surface area contributed by atoms with Gasteiger partial charge in [0.15, 0.2) is 0 Å². The molecule has 0 aromatic carbocycles. The minimum Gasteiger partial charge on any atom is -0.366 e. The predicted octanol–water partition coefficient (Wildman–Crippen LogP) is -1.27. The van der Waals surface area contributed by atoms with E-state index >= 15 is 0 Å². The lowest BCUT2D eigenvalue weighted by Gasteiger charge is -1.70. The van der Waals surface area contributed by atoms with Crippen molar-refractivity contribution < 1.29 is 8.42 Å². The summed E-state index contributed by atoms with van der Waals surface area (Å²) >= 11 is 0. The van der Waals surface area contributed by atoms with Gasteiger partial charge >= 0.3 is 0 Å². The maximum absolute atomic E-state index is 9.99. The van der Waals surface area contributed by atoms with E-state index in [1.807, 2.05) is 0 Å². The fourth-order valence-electron chi connectivity index (χ4n) is 0.307. The SMILES string of the molecule is NC1=NC(=S(=O)=O)N=N1. The standard InChI is InChI=1S/C2H2N4O2S/c3-1-4-2(6-5-1)9(7)8/h(H2,3,4). The molecular weight excluding hydrogens is 144 g/mol. The Morgan fingerprint density at radius 3 is 2.22 bits per heavy atom. The number of guanidine groups is 1. The van der Waals surface area contributed by atoms with Crippen molar-refractivity contribution in [2.75, 3.05) is 0 Å². The average molecular weight is 146 g/mol. The first-order chi connectivity index (χ1) is 4.20. The van der Waals surface area contributed by atoms with E-state index in [2.05, 4.69) is 15.2 Å². The van der Waals surface area contributed by atoms with Crippen LogP contribution in [0, 0.1) is 0 Å². The number of nitrogens with zero attached hydrogens (tertiary/aromatic N) is 3. The molecule has 0 unspecified atom stereocenters. The van der Waals surface area contributed by atoms with Crippen LogP contribution in [-0.2, 0) is 10.3 Å². The zero-order valence-electron chi connectivity index (χ0n) is 4.14. The number of azo groups is 1. The van der Waals surface area contributed by atoms with Crippen molar-refractivity contribution in [2.45, 2.75) is 0 Å². The molecule has 0 aromatic heterocycles. The Morgan fingerprint density at radius 2 is 2.00 bits per heavy atom. The van der Waals surface area contributed by atoms with E-state index in [0.29, 0.717) is 0 Å². The largest absolute Gasteiger partial charge is 0.366 e. The fourth-order valence-corrected chi connectivity index (χ4v) is 0.583. The number of hydrogen-bond acceptors (Lipinski definition) is 4. The molecule has 6 nitrogen and oxygen atoms in total. The van der Waals surface area contributed by atoms with E-state index in [1.54, 1.807) is 0 Å². The summed E-state index contributed by atoms with van der Waals surface area (Å²) < 4.78 is 20.0. The van der Waals surface area contributed by atoms with Crippen LogP contribution in [0.3, 0.4) is 0 Å². The zero-order valence-corrected chi connectivity index (χ0v) is 4.96. The molecule has 0 aromatic rings. The number of hydrogen-bond donors (Lipinski definition) is 1. The van der Waals surface area contributed by atoms with Gasteiger partial charge < -0.3 is 5.73 Å². The Hall–Kier alpha value is -1.24. The average Bonchev–Trinajstić information content (AvgIpc) is 2.14. The minimum absolute atomic E-state index is 0.130. The second kappa shape index (κ2) is 1.94. The molecule has 0 atom stereocenters. The van der Waals surface area contributed by atoms with Crippen molar-refractivity contribution in [1.82, 2.24) is 0 Å². The minimum atomic E-state index is -2.42. The molecule has 2 N–H and O–H groups in total. The Kier molecular flexibility index (Phi) is 1.27. The van der Waals surface area contributed by atoms with E-state index in [9.17, 15) is 8.42 Å². The summed E-state index contributed by atoms with van der Waals surface area (Å²) in [4.78, 5) is 3.25. The van der Waals surface area contributed by atoms with Crippen molar-refractivity contribution in [3.8, 4) is 0 Å². The summed E-state index contributed by atoms with van der Waals surface area (Å²) in [6.07, 6.45) is 0. The van der Waals surface area contributed by atoms with Crippen LogP contribution in [0.2, 0.25) is 0 Å². The summed E-state index contributed by atoms with van der Waals surface area (Å²) in [6, 6.07) is 0. The predicted molar refractivity (Wildman–Crippen MR) is 30.4 cm³/mol. The van der Waals surface area contributed by atoms with Crippen LogP contribution in [0.4, 0.5) is 0 Å². The molecule has 48 valence electrons. The molecule has 7 heteroatoms. The van der Waals surface area contributed by atoms with Crippen molar-refractivity contribution in [2.24, 2.45) is 21.0 Å². The highest BCUT2D eigenvalue weighted by atomic mass is 32.2. The maximum Gasteiger partial charge on any atom is 0.298 e. The fraction of sp³-hybridized carbons (Fsp3) is 0. The van der Waals surface area contributed by atoms with Crippen molar-refractivity contribution >= 4 is 21.4 Å². The van der Waals surface area contributed by atoms with Crippen molar-refractivity contribution in [3.05, 3.63) is 0 Å². The monoisotopic (exact) mass is 146 g/mol. The summed E-state index contributed by atoms with van der Waals surface area (Å²) in [5.41, 5.74) is 4.96. The van der Waals surface area contributed by atoms with Gasteiger partial charge in [0.1, 0.15) is 0 Å². The molecule has 0 aliphatic carbocycles. The Labute approximate surface area is 51.6 Å². The van der Waals surface area contributed by atoms with Crippen LogP contribution in [0.1, 0.15) is 0 Å². The van der Waals surface area contributed by atoms with E-state index in [-0.39, 0.29) is 11.1 Å². The van der Waals surface area contributed by atoms with Gasteiger partial charge in [0.2, 0.25) is 5.96 Å². The molecule has 0 amide bonds. The van der Waals surface area contributed by atoms with Gasteiger partial charge in [-0.05, 0) is 0 Å². The number of nitrogens with two attached hydrogens (primary N) is 1. The summed E-state index contributed by atoms with van der Waals surface area (Å²) in [5.74, 6) is -0.130. The molecule has 1 aliphatic rings. The zero-order chi connectivity index (χ0) is 6.85. The molecule has 0 spiro atoms. The molecule has 1 aliphatic heterocycles. The van der Waals surface area contributed by atoms with Crippen LogP contribution in [0.5, 0.6) is 0 Å². The quantitative estimate of drug-likeness (QED) is 0.431. The van der Waals surface area contributed by atoms with E-state index in [4.69, 9.17) is 5.73 Å². The van der Waals surface area contributed by atoms with Crippen LogP contribution in [0.25, 0.3) is 0 Å². The third kappa shape index (κ3) is 1.11. The van der Waals surface area contributed by atoms with Crippen LogP contribution in [0.15, 0.2) is 15.2 Å². The molecule has 0 saturated carbocycles. The third-order valence-electron chi connectivity index (χ3n) is 0.597. The van der Waals surface area contributed by atoms with Gasteiger partial charge in [0.05, 0.1) is 0 Å². The first kappa shape index (κ1) is 5.89. The molecule has 0 saturated heterocycles. The van der Waals surface area contributed by atoms with Crippen LogP contribution < -0.4 is 5.73 Å². The molecule has 0 bridgehead atoms. The molecule has 0 fully saturated rings. The molecular formula is C2H2N4O2S. The van der Waals surface area contributed by atoms with Gasteiger partial charge in [-0.2, -0.15) is 13.4 Å². The second-order valence-electron chi connectivity index (χ2n) is 1.19.